The molecule has 0 spiro atoms. The topological polar surface area (TPSA) is 49.4 Å². The molecule has 1 heterocycles. The van der Waals surface area contributed by atoms with Gasteiger partial charge in [0, 0.05) is 29.9 Å². The van der Waals surface area contributed by atoms with Crippen LogP contribution in [-0.2, 0) is 17.8 Å². The molecule has 0 radical (unpaired) electrons. The quantitative estimate of drug-likeness (QED) is 0.918. The fourth-order valence-corrected chi connectivity index (χ4v) is 2.91. The highest BCUT2D eigenvalue weighted by Gasteiger charge is 2.27. The Balaban J connectivity index is 1.72. The van der Waals surface area contributed by atoms with Crippen LogP contribution in [-0.4, -0.2) is 18.4 Å². The number of rotatable bonds is 5. The van der Waals surface area contributed by atoms with Gasteiger partial charge in [0.25, 0.3) is 5.91 Å². The minimum Gasteiger partial charge on any atom is -0.348 e. The van der Waals surface area contributed by atoms with Crippen molar-refractivity contribution >= 4 is 17.5 Å². The summed E-state index contributed by atoms with van der Waals surface area (Å²) in [5, 5.41) is 2.72. The van der Waals surface area contributed by atoms with Crippen LogP contribution in [0.15, 0.2) is 42.5 Å². The van der Waals surface area contributed by atoms with E-state index in [0.717, 1.165) is 17.7 Å². The molecule has 1 aliphatic heterocycles. The minimum atomic E-state index is -0.340. The summed E-state index contributed by atoms with van der Waals surface area (Å²) >= 11 is 0. The summed E-state index contributed by atoms with van der Waals surface area (Å²) in [5.74, 6) is -0.550. The smallest absolute Gasteiger partial charge is 0.251 e. The molecule has 3 rings (SSSR count). The van der Waals surface area contributed by atoms with Gasteiger partial charge in [-0.25, -0.2) is 4.39 Å². The SMILES string of the molecule is CCCN1C(=O)Cc2cc(C(=O)NCc3ccccc3F)ccc21. The van der Waals surface area contributed by atoms with Crippen molar-refractivity contribution in [2.45, 2.75) is 26.3 Å². The first-order valence-electron chi connectivity index (χ1n) is 8.05. The fraction of sp³-hybridized carbons (Fsp3) is 0.263. The summed E-state index contributed by atoms with van der Waals surface area (Å²) in [6, 6.07) is 11.6. The standard InChI is InChI=1S/C19H19FN2O2/c1-2-9-22-17-8-7-13(10-15(17)11-18(22)23)19(24)21-12-14-5-3-4-6-16(14)20/h3-8,10H,2,9,11-12H2,1H3,(H,21,24). The average Bonchev–Trinajstić information content (AvgIpc) is 2.89. The van der Waals surface area contributed by atoms with Crippen LogP contribution in [0.4, 0.5) is 10.1 Å². The van der Waals surface area contributed by atoms with Crippen molar-refractivity contribution in [3.05, 3.63) is 65.0 Å². The van der Waals surface area contributed by atoms with Gasteiger partial charge in [-0.2, -0.15) is 0 Å². The maximum atomic E-state index is 13.6. The molecular weight excluding hydrogens is 307 g/mol. The van der Waals surface area contributed by atoms with E-state index in [4.69, 9.17) is 0 Å². The van der Waals surface area contributed by atoms with Crippen LogP contribution in [0.3, 0.4) is 0 Å². The van der Waals surface area contributed by atoms with E-state index in [9.17, 15) is 14.0 Å². The Morgan fingerprint density at radius 2 is 2.04 bits per heavy atom. The van der Waals surface area contributed by atoms with Gasteiger partial charge in [0.2, 0.25) is 5.91 Å². The normalized spacial score (nSPS) is 13.1. The predicted molar refractivity (Wildman–Crippen MR) is 90.4 cm³/mol. The lowest BCUT2D eigenvalue weighted by molar-refractivity contribution is -0.117. The number of nitrogens with zero attached hydrogens (tertiary/aromatic N) is 1. The number of hydrogen-bond donors (Lipinski definition) is 1. The zero-order valence-corrected chi connectivity index (χ0v) is 13.5. The van der Waals surface area contributed by atoms with Gasteiger partial charge in [-0.1, -0.05) is 25.1 Å². The summed E-state index contributed by atoms with van der Waals surface area (Å²) in [4.78, 5) is 26.1. The van der Waals surface area contributed by atoms with Crippen LogP contribution in [0, 0.1) is 5.82 Å². The molecule has 0 aromatic heterocycles. The molecule has 0 atom stereocenters. The summed E-state index contributed by atoms with van der Waals surface area (Å²) in [6.45, 7) is 2.84. The molecule has 0 saturated carbocycles. The number of anilines is 1. The summed E-state index contributed by atoms with van der Waals surface area (Å²) in [6.07, 6.45) is 1.21. The Hall–Kier alpha value is -2.69. The lowest BCUT2D eigenvalue weighted by atomic mass is 10.1. The molecule has 5 heteroatoms. The second-order valence-corrected chi connectivity index (χ2v) is 5.84. The molecule has 1 N–H and O–H groups in total. The van der Waals surface area contributed by atoms with E-state index in [1.54, 1.807) is 35.2 Å². The highest BCUT2D eigenvalue weighted by Crippen LogP contribution is 2.29. The Kier molecular flexibility index (Phi) is 4.60. The van der Waals surface area contributed by atoms with E-state index in [0.29, 0.717) is 24.1 Å². The van der Waals surface area contributed by atoms with E-state index >= 15 is 0 Å². The Morgan fingerprint density at radius 1 is 1.25 bits per heavy atom. The van der Waals surface area contributed by atoms with Gasteiger partial charge < -0.3 is 10.2 Å². The van der Waals surface area contributed by atoms with Gasteiger partial charge in [-0.05, 0) is 36.2 Å². The third kappa shape index (κ3) is 3.15. The van der Waals surface area contributed by atoms with Gasteiger partial charge >= 0.3 is 0 Å². The Morgan fingerprint density at radius 3 is 2.79 bits per heavy atom. The third-order valence-corrected chi connectivity index (χ3v) is 4.12. The molecule has 24 heavy (non-hydrogen) atoms. The van der Waals surface area contributed by atoms with E-state index < -0.39 is 0 Å². The summed E-state index contributed by atoms with van der Waals surface area (Å²) in [5.41, 5.74) is 2.67. The number of halogens is 1. The van der Waals surface area contributed by atoms with E-state index in [1.165, 1.54) is 6.07 Å². The van der Waals surface area contributed by atoms with Crippen molar-refractivity contribution in [1.29, 1.82) is 0 Å². The van der Waals surface area contributed by atoms with Crippen molar-refractivity contribution in [1.82, 2.24) is 5.32 Å². The van der Waals surface area contributed by atoms with Crippen LogP contribution >= 0.6 is 0 Å². The molecule has 1 aliphatic rings. The number of hydrogen-bond acceptors (Lipinski definition) is 2. The molecule has 124 valence electrons. The molecule has 0 fully saturated rings. The second-order valence-electron chi connectivity index (χ2n) is 5.84. The zero-order valence-electron chi connectivity index (χ0n) is 13.5. The summed E-state index contributed by atoms with van der Waals surface area (Å²) in [7, 11) is 0. The van der Waals surface area contributed by atoms with Gasteiger partial charge in [0.1, 0.15) is 5.82 Å². The van der Waals surface area contributed by atoms with Crippen LogP contribution in [0.5, 0.6) is 0 Å². The molecule has 2 aromatic rings. The van der Waals surface area contributed by atoms with Crippen LogP contribution in [0.1, 0.15) is 34.8 Å². The first kappa shape index (κ1) is 16.2. The summed E-state index contributed by atoms with van der Waals surface area (Å²) < 4.78 is 13.6. The van der Waals surface area contributed by atoms with Crippen LogP contribution < -0.4 is 10.2 Å². The predicted octanol–water partition coefficient (Wildman–Crippen LogP) is 3.05. The van der Waals surface area contributed by atoms with E-state index in [2.05, 4.69) is 5.32 Å². The van der Waals surface area contributed by atoms with Gasteiger partial charge in [0.05, 0.1) is 6.42 Å². The number of nitrogens with one attached hydrogen (secondary N) is 1. The number of carbonyl (C=O) groups is 2. The van der Waals surface area contributed by atoms with Crippen LogP contribution in [0.2, 0.25) is 0 Å². The number of amides is 2. The van der Waals surface area contributed by atoms with Crippen molar-refractivity contribution in [3.8, 4) is 0 Å². The Bertz CT molecular complexity index is 789. The zero-order chi connectivity index (χ0) is 17.1. The maximum Gasteiger partial charge on any atom is 0.251 e. The molecule has 0 aliphatic carbocycles. The van der Waals surface area contributed by atoms with Crippen molar-refractivity contribution in [2.75, 3.05) is 11.4 Å². The molecule has 0 bridgehead atoms. The van der Waals surface area contributed by atoms with E-state index in [1.807, 2.05) is 13.0 Å². The van der Waals surface area contributed by atoms with Crippen molar-refractivity contribution in [2.24, 2.45) is 0 Å². The average molecular weight is 326 g/mol. The first-order chi connectivity index (χ1) is 11.6. The number of carbonyl (C=O) groups excluding carboxylic acids is 2. The largest absolute Gasteiger partial charge is 0.348 e. The minimum absolute atomic E-state index is 0.0655. The molecule has 4 nitrogen and oxygen atoms in total. The Labute approximate surface area is 140 Å². The van der Waals surface area contributed by atoms with Gasteiger partial charge in [-0.15, -0.1) is 0 Å². The molecule has 2 amide bonds. The molecule has 0 saturated heterocycles. The monoisotopic (exact) mass is 326 g/mol. The molecule has 2 aromatic carbocycles. The number of fused-ring (bicyclic) bond motifs is 1. The third-order valence-electron chi connectivity index (χ3n) is 4.12. The van der Waals surface area contributed by atoms with Crippen molar-refractivity contribution < 1.29 is 14.0 Å². The first-order valence-corrected chi connectivity index (χ1v) is 8.05. The molecule has 0 unspecified atom stereocenters. The van der Waals surface area contributed by atoms with Gasteiger partial charge in [-0.3, -0.25) is 9.59 Å². The second kappa shape index (κ2) is 6.83. The lowest BCUT2D eigenvalue weighted by Crippen LogP contribution is -2.27. The highest BCUT2D eigenvalue weighted by molar-refractivity contribution is 6.03. The van der Waals surface area contributed by atoms with Crippen molar-refractivity contribution in [3.63, 3.8) is 0 Å². The van der Waals surface area contributed by atoms with Gasteiger partial charge in [0.15, 0.2) is 0 Å². The molecular formula is C19H19FN2O2. The lowest BCUT2D eigenvalue weighted by Gasteiger charge is -2.16. The fourth-order valence-electron chi connectivity index (χ4n) is 2.91. The van der Waals surface area contributed by atoms with Crippen LogP contribution in [0.25, 0.3) is 0 Å². The highest BCUT2D eigenvalue weighted by atomic mass is 19.1. The maximum absolute atomic E-state index is 13.6. The van der Waals surface area contributed by atoms with E-state index in [-0.39, 0.29) is 24.2 Å². The number of benzene rings is 2.